The van der Waals surface area contributed by atoms with Crippen LogP contribution < -0.4 is 0 Å². The number of rotatable bonds is 6. The van der Waals surface area contributed by atoms with Gasteiger partial charge in [0.15, 0.2) is 0 Å². The Morgan fingerprint density at radius 3 is 3.15 bits per heavy atom. The minimum Gasteiger partial charge on any atom is -0.385 e. The maximum absolute atomic E-state index is 8.95. The first-order valence-corrected chi connectivity index (χ1v) is 7.52. The molecule has 0 aromatic heterocycles. The van der Waals surface area contributed by atoms with Gasteiger partial charge < -0.3 is 4.74 Å². The second-order valence-corrected chi connectivity index (χ2v) is 5.69. The van der Waals surface area contributed by atoms with Gasteiger partial charge >= 0.3 is 0 Å². The highest BCUT2D eigenvalue weighted by atomic mass is 16.5. The lowest BCUT2D eigenvalue weighted by molar-refractivity contribution is 0.142. The summed E-state index contributed by atoms with van der Waals surface area (Å²) < 4.78 is 5.14. The van der Waals surface area contributed by atoms with Crippen molar-refractivity contribution < 1.29 is 4.74 Å². The van der Waals surface area contributed by atoms with Gasteiger partial charge in [-0.3, -0.25) is 4.90 Å². The molecule has 1 heterocycles. The summed E-state index contributed by atoms with van der Waals surface area (Å²) in [4.78, 5) is 2.53. The summed E-state index contributed by atoms with van der Waals surface area (Å²) in [6, 6.07) is 10.2. The van der Waals surface area contributed by atoms with Gasteiger partial charge in [-0.2, -0.15) is 5.26 Å². The van der Waals surface area contributed by atoms with Crippen LogP contribution in [0.2, 0.25) is 0 Å². The average molecular weight is 272 g/mol. The summed E-state index contributed by atoms with van der Waals surface area (Å²) in [6.07, 6.45) is 5.07. The molecule has 1 fully saturated rings. The number of likely N-dealkylation sites (tertiary alicyclic amines) is 1. The van der Waals surface area contributed by atoms with Gasteiger partial charge in [-0.15, -0.1) is 0 Å². The smallest absolute Gasteiger partial charge is 0.0991 e. The van der Waals surface area contributed by atoms with Crippen LogP contribution in [0, 0.1) is 17.2 Å². The summed E-state index contributed by atoms with van der Waals surface area (Å²) in [7, 11) is 1.77. The predicted molar refractivity (Wildman–Crippen MR) is 80.3 cm³/mol. The fourth-order valence-electron chi connectivity index (χ4n) is 3.04. The van der Waals surface area contributed by atoms with Gasteiger partial charge in [0.25, 0.3) is 0 Å². The van der Waals surface area contributed by atoms with E-state index in [1.54, 1.807) is 7.11 Å². The molecule has 0 unspecified atom stereocenters. The third kappa shape index (κ3) is 4.63. The Hall–Kier alpha value is -1.37. The Morgan fingerprint density at radius 2 is 2.35 bits per heavy atom. The molecule has 1 atom stereocenters. The maximum Gasteiger partial charge on any atom is 0.0991 e. The molecule has 20 heavy (non-hydrogen) atoms. The van der Waals surface area contributed by atoms with Gasteiger partial charge in [0.05, 0.1) is 11.6 Å². The molecule has 1 aliphatic rings. The van der Waals surface area contributed by atoms with Gasteiger partial charge in [0, 0.05) is 26.8 Å². The van der Waals surface area contributed by atoms with Crippen molar-refractivity contribution in [1.82, 2.24) is 4.90 Å². The number of nitrogens with zero attached hydrogens (tertiary/aromatic N) is 2. The molecular formula is C17H24N2O. The molecule has 0 saturated carbocycles. The zero-order valence-corrected chi connectivity index (χ0v) is 12.3. The van der Waals surface area contributed by atoms with E-state index in [1.807, 2.05) is 18.2 Å². The molecule has 0 N–H and O–H groups in total. The molecule has 3 heteroatoms. The molecule has 3 nitrogen and oxygen atoms in total. The lowest BCUT2D eigenvalue weighted by Gasteiger charge is -2.32. The number of hydrogen-bond acceptors (Lipinski definition) is 3. The summed E-state index contributed by atoms with van der Waals surface area (Å²) in [5.74, 6) is 0.804. The van der Waals surface area contributed by atoms with Crippen molar-refractivity contribution in [3.05, 3.63) is 35.4 Å². The van der Waals surface area contributed by atoms with Crippen LogP contribution in [0.1, 0.15) is 36.8 Å². The van der Waals surface area contributed by atoms with Crippen LogP contribution in [0.15, 0.2) is 24.3 Å². The maximum atomic E-state index is 8.95. The van der Waals surface area contributed by atoms with Crippen molar-refractivity contribution in [3.8, 4) is 6.07 Å². The lowest BCUT2D eigenvalue weighted by atomic mass is 9.93. The number of ether oxygens (including phenoxy) is 1. The van der Waals surface area contributed by atoms with Crippen LogP contribution >= 0.6 is 0 Å². The number of piperidine rings is 1. The minimum absolute atomic E-state index is 0.760. The average Bonchev–Trinajstić information content (AvgIpc) is 2.48. The van der Waals surface area contributed by atoms with E-state index in [-0.39, 0.29) is 0 Å². The Labute approximate surface area is 122 Å². The molecular weight excluding hydrogens is 248 g/mol. The van der Waals surface area contributed by atoms with Crippen LogP contribution in [-0.4, -0.2) is 31.7 Å². The van der Waals surface area contributed by atoms with E-state index >= 15 is 0 Å². The van der Waals surface area contributed by atoms with E-state index in [4.69, 9.17) is 10.00 Å². The highest BCUT2D eigenvalue weighted by Crippen LogP contribution is 2.22. The quantitative estimate of drug-likeness (QED) is 0.746. The van der Waals surface area contributed by atoms with Crippen LogP contribution in [0.4, 0.5) is 0 Å². The summed E-state index contributed by atoms with van der Waals surface area (Å²) in [6.45, 7) is 4.20. The topological polar surface area (TPSA) is 36.3 Å². The van der Waals surface area contributed by atoms with E-state index in [9.17, 15) is 0 Å². The molecule has 1 aromatic carbocycles. The van der Waals surface area contributed by atoms with E-state index in [0.29, 0.717) is 0 Å². The Bertz CT molecular complexity index is 453. The molecule has 1 saturated heterocycles. The summed E-state index contributed by atoms with van der Waals surface area (Å²) >= 11 is 0. The summed E-state index contributed by atoms with van der Waals surface area (Å²) in [5, 5.41) is 8.95. The fraction of sp³-hybridized carbons (Fsp3) is 0.588. The van der Waals surface area contributed by atoms with Crippen molar-refractivity contribution in [2.75, 3.05) is 26.8 Å². The molecule has 0 aliphatic carbocycles. The van der Waals surface area contributed by atoms with E-state index in [2.05, 4.69) is 17.0 Å². The number of nitriles is 1. The molecule has 1 aliphatic heterocycles. The molecule has 0 radical (unpaired) electrons. The molecule has 0 spiro atoms. The highest BCUT2D eigenvalue weighted by molar-refractivity contribution is 5.32. The zero-order chi connectivity index (χ0) is 14.2. The Morgan fingerprint density at radius 1 is 1.45 bits per heavy atom. The Balaban J connectivity index is 1.84. The van der Waals surface area contributed by atoms with Crippen molar-refractivity contribution >= 4 is 0 Å². The van der Waals surface area contributed by atoms with Crippen LogP contribution in [-0.2, 0) is 11.3 Å². The van der Waals surface area contributed by atoms with E-state index < -0.39 is 0 Å². The number of methoxy groups -OCH3 is 1. The molecule has 0 bridgehead atoms. The van der Waals surface area contributed by atoms with Crippen LogP contribution in [0.3, 0.4) is 0 Å². The highest BCUT2D eigenvalue weighted by Gasteiger charge is 2.19. The normalized spacial score (nSPS) is 19.7. The monoisotopic (exact) mass is 272 g/mol. The van der Waals surface area contributed by atoms with E-state index in [0.717, 1.165) is 24.6 Å². The predicted octanol–water partition coefficient (Wildman–Crippen LogP) is 3.20. The first kappa shape index (κ1) is 15.0. The van der Waals surface area contributed by atoms with Crippen molar-refractivity contribution in [2.45, 2.75) is 32.2 Å². The third-order valence-corrected chi connectivity index (χ3v) is 4.03. The molecule has 2 rings (SSSR count). The molecule has 1 aromatic rings. The second-order valence-electron chi connectivity index (χ2n) is 5.69. The first-order chi connectivity index (χ1) is 9.81. The zero-order valence-electron chi connectivity index (χ0n) is 12.3. The third-order valence-electron chi connectivity index (χ3n) is 4.03. The SMILES string of the molecule is COCCC[C@@H]1CCCN(Cc2cccc(C#N)c2)C1. The van der Waals surface area contributed by atoms with Gasteiger partial charge in [-0.1, -0.05) is 12.1 Å². The number of benzene rings is 1. The van der Waals surface area contributed by atoms with Crippen LogP contribution in [0.25, 0.3) is 0 Å². The molecule has 108 valence electrons. The van der Waals surface area contributed by atoms with Gasteiger partial charge in [0.2, 0.25) is 0 Å². The second kappa shape index (κ2) is 8.04. The van der Waals surface area contributed by atoms with E-state index in [1.165, 1.54) is 44.3 Å². The number of hydrogen-bond donors (Lipinski definition) is 0. The van der Waals surface area contributed by atoms with Crippen molar-refractivity contribution in [1.29, 1.82) is 5.26 Å². The first-order valence-electron chi connectivity index (χ1n) is 7.52. The minimum atomic E-state index is 0.760. The fourth-order valence-corrected chi connectivity index (χ4v) is 3.04. The summed E-state index contributed by atoms with van der Waals surface area (Å²) in [5.41, 5.74) is 2.01. The van der Waals surface area contributed by atoms with Gasteiger partial charge in [0.1, 0.15) is 0 Å². The molecule has 0 amide bonds. The Kier molecular flexibility index (Phi) is 6.04. The van der Waals surface area contributed by atoms with Crippen molar-refractivity contribution in [3.63, 3.8) is 0 Å². The van der Waals surface area contributed by atoms with Crippen LogP contribution in [0.5, 0.6) is 0 Å². The standard InChI is InChI=1S/C17H24N2O/c1-20-10-4-8-15-7-3-9-19(13-15)14-17-6-2-5-16(11-17)12-18/h2,5-6,11,15H,3-4,7-10,13-14H2,1H3/t15-/m0/s1. The van der Waals surface area contributed by atoms with Gasteiger partial charge in [-0.25, -0.2) is 0 Å². The van der Waals surface area contributed by atoms with Crippen molar-refractivity contribution in [2.24, 2.45) is 5.92 Å². The largest absolute Gasteiger partial charge is 0.385 e. The lowest BCUT2D eigenvalue weighted by Crippen LogP contribution is -2.35. The van der Waals surface area contributed by atoms with Gasteiger partial charge in [-0.05, 0) is 55.8 Å².